The number of likely N-dealkylation sites (N-methyl/N-ethyl adjacent to an activating group) is 1. The van der Waals surface area contributed by atoms with E-state index in [1.54, 1.807) is 10.9 Å². The quantitative estimate of drug-likeness (QED) is 0.801. The van der Waals surface area contributed by atoms with E-state index in [-0.39, 0.29) is 12.5 Å². The van der Waals surface area contributed by atoms with Gasteiger partial charge in [-0.2, -0.15) is 9.40 Å². The molecule has 0 spiro atoms. The highest BCUT2D eigenvalue weighted by Gasteiger charge is 2.14. The van der Waals surface area contributed by atoms with Gasteiger partial charge in [-0.15, -0.1) is 0 Å². The maximum Gasteiger partial charge on any atom is 0.235 e. The highest BCUT2D eigenvalue weighted by molar-refractivity contribution is 7.88. The smallest absolute Gasteiger partial charge is 0.235 e. The van der Waals surface area contributed by atoms with Gasteiger partial charge in [0.1, 0.15) is 0 Å². The van der Waals surface area contributed by atoms with Crippen LogP contribution in [0.15, 0.2) is 42.7 Å². The molecule has 1 N–H and O–H groups in total. The van der Waals surface area contributed by atoms with Crippen molar-refractivity contribution in [1.29, 1.82) is 0 Å². The van der Waals surface area contributed by atoms with Gasteiger partial charge in [-0.25, -0.2) is 8.42 Å². The monoisotopic (exact) mass is 336 g/mol. The highest BCUT2D eigenvalue weighted by Crippen LogP contribution is 2.17. The largest absolute Gasteiger partial charge is 0.353 e. The van der Waals surface area contributed by atoms with Crippen molar-refractivity contribution in [3.8, 4) is 11.1 Å². The first-order valence-electron chi connectivity index (χ1n) is 7.12. The molecule has 0 saturated heterocycles. The Balaban J connectivity index is 1.81. The number of nitrogens with one attached hydrogen (secondary N) is 1. The van der Waals surface area contributed by atoms with Gasteiger partial charge in [-0.3, -0.25) is 9.48 Å². The molecule has 1 aromatic carbocycles. The van der Waals surface area contributed by atoms with Crippen LogP contribution in [0.4, 0.5) is 0 Å². The average molecular weight is 336 g/mol. The summed E-state index contributed by atoms with van der Waals surface area (Å²) in [7, 11) is -1.98. The van der Waals surface area contributed by atoms with Crippen LogP contribution in [0.2, 0.25) is 0 Å². The molecule has 2 aromatic rings. The van der Waals surface area contributed by atoms with Gasteiger partial charge in [-0.1, -0.05) is 30.3 Å². The molecule has 0 radical (unpaired) electrons. The third-order valence-corrected chi connectivity index (χ3v) is 4.60. The standard InChI is InChI=1S/C15H20N4O3S/c1-18(23(2,21)22)12-15(20)16-8-9-19-11-14(10-17-19)13-6-4-3-5-7-13/h3-7,10-11H,8-9,12H2,1-2H3,(H,16,20). The van der Waals surface area contributed by atoms with E-state index in [9.17, 15) is 13.2 Å². The van der Waals surface area contributed by atoms with E-state index < -0.39 is 10.0 Å². The summed E-state index contributed by atoms with van der Waals surface area (Å²) in [4.78, 5) is 11.7. The Kier molecular flexibility index (Phi) is 5.51. The summed E-state index contributed by atoms with van der Waals surface area (Å²) < 4.78 is 25.2. The predicted molar refractivity (Wildman–Crippen MR) is 88.1 cm³/mol. The van der Waals surface area contributed by atoms with Crippen LogP contribution >= 0.6 is 0 Å². The van der Waals surface area contributed by atoms with Crippen LogP contribution in [0.1, 0.15) is 0 Å². The fraction of sp³-hybridized carbons (Fsp3) is 0.333. The molecule has 7 nitrogen and oxygen atoms in total. The van der Waals surface area contributed by atoms with Gasteiger partial charge >= 0.3 is 0 Å². The molecule has 23 heavy (non-hydrogen) atoms. The molecule has 0 aliphatic heterocycles. The van der Waals surface area contributed by atoms with Crippen LogP contribution in [-0.2, 0) is 21.4 Å². The molecule has 0 aliphatic carbocycles. The van der Waals surface area contributed by atoms with Crippen LogP contribution in [0.5, 0.6) is 0 Å². The number of nitrogens with zero attached hydrogens (tertiary/aromatic N) is 3. The molecule has 0 saturated carbocycles. The van der Waals surface area contributed by atoms with Crippen molar-refractivity contribution in [2.45, 2.75) is 6.54 Å². The van der Waals surface area contributed by atoms with Crippen molar-refractivity contribution in [2.24, 2.45) is 0 Å². The number of carbonyl (C=O) groups is 1. The number of carbonyl (C=O) groups excluding carboxylic acids is 1. The van der Waals surface area contributed by atoms with Gasteiger partial charge < -0.3 is 5.32 Å². The number of hydrogen-bond acceptors (Lipinski definition) is 4. The van der Waals surface area contributed by atoms with Crippen molar-refractivity contribution >= 4 is 15.9 Å². The number of benzene rings is 1. The Morgan fingerprint density at radius 3 is 2.61 bits per heavy atom. The molecule has 8 heteroatoms. The number of sulfonamides is 1. The minimum atomic E-state index is -3.35. The van der Waals surface area contributed by atoms with Gasteiger partial charge in [0.2, 0.25) is 15.9 Å². The fourth-order valence-electron chi connectivity index (χ4n) is 1.95. The van der Waals surface area contributed by atoms with Crippen molar-refractivity contribution in [3.63, 3.8) is 0 Å². The van der Waals surface area contributed by atoms with Gasteiger partial charge in [0.15, 0.2) is 0 Å². The number of aromatic nitrogens is 2. The summed E-state index contributed by atoms with van der Waals surface area (Å²) >= 11 is 0. The summed E-state index contributed by atoms with van der Waals surface area (Å²) in [5, 5.41) is 6.93. The summed E-state index contributed by atoms with van der Waals surface area (Å²) in [5.74, 6) is -0.339. The predicted octanol–water partition coefficient (Wildman–Crippen LogP) is 0.558. The van der Waals surface area contributed by atoms with E-state index in [0.29, 0.717) is 13.1 Å². The second-order valence-electron chi connectivity index (χ2n) is 5.23. The number of hydrogen-bond donors (Lipinski definition) is 1. The lowest BCUT2D eigenvalue weighted by molar-refractivity contribution is -0.121. The maximum atomic E-state index is 11.7. The molecule has 0 fully saturated rings. The third-order valence-electron chi connectivity index (χ3n) is 3.34. The van der Waals surface area contributed by atoms with Gasteiger partial charge in [0.25, 0.3) is 0 Å². The summed E-state index contributed by atoms with van der Waals surface area (Å²) in [6, 6.07) is 9.89. The molecular weight excluding hydrogens is 316 g/mol. The molecule has 1 amide bonds. The van der Waals surface area contributed by atoms with Crippen molar-refractivity contribution < 1.29 is 13.2 Å². The Bertz CT molecular complexity index is 756. The SMILES string of the molecule is CN(CC(=O)NCCn1cc(-c2ccccc2)cn1)S(C)(=O)=O. The Morgan fingerprint density at radius 1 is 1.26 bits per heavy atom. The van der Waals surface area contributed by atoms with E-state index in [2.05, 4.69) is 10.4 Å². The minimum absolute atomic E-state index is 0.187. The van der Waals surface area contributed by atoms with Crippen LogP contribution in [-0.4, -0.2) is 54.8 Å². The lowest BCUT2D eigenvalue weighted by atomic mass is 10.1. The lowest BCUT2D eigenvalue weighted by Crippen LogP contribution is -2.38. The van der Waals surface area contributed by atoms with E-state index in [1.807, 2.05) is 36.5 Å². The fourth-order valence-corrected chi connectivity index (χ4v) is 2.30. The summed E-state index contributed by atoms with van der Waals surface area (Å²) in [6.45, 7) is 0.709. The zero-order valence-corrected chi connectivity index (χ0v) is 14.0. The Morgan fingerprint density at radius 2 is 1.96 bits per heavy atom. The molecule has 0 unspecified atom stereocenters. The normalized spacial score (nSPS) is 11.6. The Labute approximate surface area is 136 Å². The highest BCUT2D eigenvalue weighted by atomic mass is 32.2. The maximum absolute atomic E-state index is 11.7. The van der Waals surface area contributed by atoms with Crippen LogP contribution < -0.4 is 5.32 Å². The van der Waals surface area contributed by atoms with Crippen LogP contribution in [0, 0.1) is 0 Å². The van der Waals surface area contributed by atoms with Crippen LogP contribution in [0.3, 0.4) is 0 Å². The lowest BCUT2D eigenvalue weighted by Gasteiger charge is -2.13. The zero-order chi connectivity index (χ0) is 16.9. The average Bonchev–Trinajstić information content (AvgIpc) is 2.96. The van der Waals surface area contributed by atoms with Crippen molar-refractivity contribution in [3.05, 3.63) is 42.7 Å². The van der Waals surface area contributed by atoms with E-state index in [1.165, 1.54) is 7.05 Å². The first kappa shape index (κ1) is 17.2. The van der Waals surface area contributed by atoms with Crippen LogP contribution in [0.25, 0.3) is 11.1 Å². The third kappa shape index (κ3) is 5.19. The molecule has 1 heterocycles. The first-order chi connectivity index (χ1) is 10.9. The van der Waals surface area contributed by atoms with E-state index >= 15 is 0 Å². The molecule has 0 bridgehead atoms. The summed E-state index contributed by atoms with van der Waals surface area (Å²) in [6.07, 6.45) is 4.74. The van der Waals surface area contributed by atoms with Gasteiger partial charge in [0, 0.05) is 25.4 Å². The second kappa shape index (κ2) is 7.38. The second-order valence-corrected chi connectivity index (χ2v) is 7.32. The van der Waals surface area contributed by atoms with Crippen molar-refractivity contribution in [2.75, 3.05) is 26.4 Å². The number of amides is 1. The molecule has 124 valence electrons. The topological polar surface area (TPSA) is 84.3 Å². The summed E-state index contributed by atoms with van der Waals surface area (Å²) in [5.41, 5.74) is 2.09. The van der Waals surface area contributed by atoms with E-state index in [4.69, 9.17) is 0 Å². The van der Waals surface area contributed by atoms with Crippen molar-refractivity contribution in [1.82, 2.24) is 19.4 Å². The Hall–Kier alpha value is -2.19. The molecule has 0 aliphatic rings. The molecular formula is C15H20N4O3S. The molecule has 1 aromatic heterocycles. The van der Waals surface area contributed by atoms with Gasteiger partial charge in [0.05, 0.1) is 25.5 Å². The zero-order valence-electron chi connectivity index (χ0n) is 13.1. The number of rotatable bonds is 7. The molecule has 0 atom stereocenters. The van der Waals surface area contributed by atoms with Gasteiger partial charge in [-0.05, 0) is 5.56 Å². The minimum Gasteiger partial charge on any atom is -0.353 e. The van der Waals surface area contributed by atoms with E-state index in [0.717, 1.165) is 21.7 Å². The first-order valence-corrected chi connectivity index (χ1v) is 8.97. The molecule has 2 rings (SSSR count).